The Hall–Kier alpha value is -0.890. The lowest BCUT2D eigenvalue weighted by Gasteiger charge is -2.27. The van der Waals surface area contributed by atoms with Gasteiger partial charge in [0.2, 0.25) is 0 Å². The molecule has 0 spiro atoms. The molecule has 1 aliphatic carbocycles. The Labute approximate surface area is 110 Å². The van der Waals surface area contributed by atoms with Crippen LogP contribution in [0.3, 0.4) is 0 Å². The van der Waals surface area contributed by atoms with E-state index in [-0.39, 0.29) is 11.9 Å². The highest BCUT2D eigenvalue weighted by Crippen LogP contribution is 2.34. The molecule has 1 aromatic rings. The number of benzene rings is 1. The predicted molar refractivity (Wildman–Crippen MR) is 74.0 cm³/mol. The van der Waals surface area contributed by atoms with Crippen LogP contribution in [0.25, 0.3) is 0 Å². The second-order valence-corrected chi connectivity index (χ2v) is 5.31. The van der Waals surface area contributed by atoms with Crippen molar-refractivity contribution < 1.29 is 4.39 Å². The van der Waals surface area contributed by atoms with E-state index in [2.05, 4.69) is 12.2 Å². The summed E-state index contributed by atoms with van der Waals surface area (Å²) >= 11 is 0. The van der Waals surface area contributed by atoms with Gasteiger partial charge in [-0.2, -0.15) is 0 Å². The van der Waals surface area contributed by atoms with Gasteiger partial charge in [-0.1, -0.05) is 50.8 Å². The van der Waals surface area contributed by atoms with E-state index in [1.54, 1.807) is 12.1 Å². The van der Waals surface area contributed by atoms with Gasteiger partial charge < -0.3 is 5.32 Å². The van der Waals surface area contributed by atoms with E-state index in [4.69, 9.17) is 0 Å². The van der Waals surface area contributed by atoms with Gasteiger partial charge in [0.1, 0.15) is 5.82 Å². The molecule has 100 valence electrons. The molecular formula is C16H24FN. The Balaban J connectivity index is 2.18. The Morgan fingerprint density at radius 3 is 2.44 bits per heavy atom. The summed E-state index contributed by atoms with van der Waals surface area (Å²) in [5, 5.41) is 3.50. The maximum Gasteiger partial charge on any atom is 0.127 e. The Kier molecular flexibility index (Phi) is 5.18. The van der Waals surface area contributed by atoms with Crippen LogP contribution in [-0.2, 0) is 0 Å². The Bertz CT molecular complexity index is 356. The lowest BCUT2D eigenvalue weighted by molar-refractivity contribution is 0.322. The molecule has 1 fully saturated rings. The van der Waals surface area contributed by atoms with Crippen LogP contribution in [0.4, 0.5) is 4.39 Å². The third-order valence-electron chi connectivity index (χ3n) is 4.04. The quantitative estimate of drug-likeness (QED) is 0.777. The molecule has 1 nitrogen and oxygen atoms in total. The maximum absolute atomic E-state index is 14.0. The first-order valence-electron chi connectivity index (χ1n) is 7.30. The van der Waals surface area contributed by atoms with Crippen molar-refractivity contribution in [1.29, 1.82) is 0 Å². The molecule has 0 aliphatic heterocycles. The molecule has 1 N–H and O–H groups in total. The summed E-state index contributed by atoms with van der Waals surface area (Å²) in [7, 11) is 0. The van der Waals surface area contributed by atoms with Crippen LogP contribution in [0.1, 0.15) is 57.1 Å². The van der Waals surface area contributed by atoms with Gasteiger partial charge in [0.25, 0.3) is 0 Å². The second-order valence-electron chi connectivity index (χ2n) is 5.31. The first-order valence-corrected chi connectivity index (χ1v) is 7.30. The molecule has 1 atom stereocenters. The average Bonchev–Trinajstić information content (AvgIpc) is 2.66. The van der Waals surface area contributed by atoms with Gasteiger partial charge in [-0.25, -0.2) is 4.39 Å². The molecule has 0 amide bonds. The zero-order valence-corrected chi connectivity index (χ0v) is 11.3. The van der Waals surface area contributed by atoms with E-state index in [1.807, 2.05) is 12.1 Å². The highest BCUT2D eigenvalue weighted by Gasteiger charge is 2.25. The van der Waals surface area contributed by atoms with Crippen LogP contribution in [0.2, 0.25) is 0 Å². The van der Waals surface area contributed by atoms with Crippen LogP contribution < -0.4 is 5.32 Å². The highest BCUT2D eigenvalue weighted by atomic mass is 19.1. The summed E-state index contributed by atoms with van der Waals surface area (Å²) in [5.74, 6) is 0.525. The zero-order chi connectivity index (χ0) is 12.8. The number of halogens is 1. The summed E-state index contributed by atoms with van der Waals surface area (Å²) in [6.45, 7) is 3.00. The standard InChI is InChI=1S/C16H24FN/c1-2-18-16(13-9-5-3-4-6-10-13)14-11-7-8-12-15(14)17/h7-8,11-13,16,18H,2-6,9-10H2,1H3. The number of hydrogen-bond acceptors (Lipinski definition) is 1. The van der Waals surface area contributed by atoms with E-state index in [0.29, 0.717) is 5.92 Å². The molecule has 1 unspecified atom stereocenters. The number of hydrogen-bond donors (Lipinski definition) is 1. The van der Waals surface area contributed by atoms with Crippen LogP contribution in [0, 0.1) is 11.7 Å². The maximum atomic E-state index is 14.0. The minimum Gasteiger partial charge on any atom is -0.310 e. The minimum atomic E-state index is -0.0623. The Morgan fingerprint density at radius 1 is 1.17 bits per heavy atom. The van der Waals surface area contributed by atoms with Crippen molar-refractivity contribution in [3.05, 3.63) is 35.6 Å². The molecule has 0 saturated heterocycles. The van der Waals surface area contributed by atoms with Gasteiger partial charge in [0.15, 0.2) is 0 Å². The molecule has 0 aromatic heterocycles. The lowest BCUT2D eigenvalue weighted by Crippen LogP contribution is -2.29. The van der Waals surface area contributed by atoms with Gasteiger partial charge in [0.05, 0.1) is 0 Å². The molecule has 1 saturated carbocycles. The van der Waals surface area contributed by atoms with E-state index in [9.17, 15) is 4.39 Å². The van der Waals surface area contributed by atoms with Crippen molar-refractivity contribution in [3.63, 3.8) is 0 Å². The third-order valence-corrected chi connectivity index (χ3v) is 4.04. The van der Waals surface area contributed by atoms with Crippen molar-refractivity contribution in [2.24, 2.45) is 5.92 Å². The van der Waals surface area contributed by atoms with Gasteiger partial charge >= 0.3 is 0 Å². The summed E-state index contributed by atoms with van der Waals surface area (Å²) in [6, 6.07) is 7.42. The van der Waals surface area contributed by atoms with Gasteiger partial charge in [0, 0.05) is 11.6 Å². The van der Waals surface area contributed by atoms with Crippen LogP contribution in [0.5, 0.6) is 0 Å². The van der Waals surface area contributed by atoms with Crippen LogP contribution in [0.15, 0.2) is 24.3 Å². The normalized spacial score (nSPS) is 19.4. The van der Waals surface area contributed by atoms with E-state index in [1.165, 1.54) is 38.5 Å². The van der Waals surface area contributed by atoms with Gasteiger partial charge in [-0.05, 0) is 31.4 Å². The molecule has 0 heterocycles. The van der Waals surface area contributed by atoms with Crippen molar-refractivity contribution in [2.75, 3.05) is 6.54 Å². The molecule has 1 aliphatic rings. The van der Waals surface area contributed by atoms with Crippen molar-refractivity contribution in [3.8, 4) is 0 Å². The summed E-state index contributed by atoms with van der Waals surface area (Å²) in [4.78, 5) is 0. The topological polar surface area (TPSA) is 12.0 Å². The summed E-state index contributed by atoms with van der Waals surface area (Å²) < 4.78 is 14.0. The SMILES string of the molecule is CCNC(c1ccccc1F)C1CCCCCC1. The first kappa shape index (κ1) is 13.5. The fraction of sp³-hybridized carbons (Fsp3) is 0.625. The third kappa shape index (κ3) is 3.32. The fourth-order valence-corrected chi connectivity index (χ4v) is 3.12. The van der Waals surface area contributed by atoms with Gasteiger partial charge in [-0.3, -0.25) is 0 Å². The van der Waals surface area contributed by atoms with Crippen molar-refractivity contribution in [2.45, 2.75) is 51.5 Å². The second kappa shape index (κ2) is 6.89. The van der Waals surface area contributed by atoms with Crippen LogP contribution >= 0.6 is 0 Å². The number of rotatable bonds is 4. The number of nitrogens with one attached hydrogen (secondary N) is 1. The summed E-state index contributed by atoms with van der Waals surface area (Å²) in [6.07, 6.45) is 7.72. The average molecular weight is 249 g/mol. The molecule has 2 rings (SSSR count). The van der Waals surface area contributed by atoms with E-state index in [0.717, 1.165) is 12.1 Å². The predicted octanol–water partition coefficient (Wildman–Crippen LogP) is 4.45. The monoisotopic (exact) mass is 249 g/mol. The molecular weight excluding hydrogens is 225 g/mol. The molecule has 0 bridgehead atoms. The Morgan fingerprint density at radius 2 is 1.83 bits per heavy atom. The molecule has 2 heteroatoms. The summed E-state index contributed by atoms with van der Waals surface area (Å²) in [5.41, 5.74) is 0.853. The van der Waals surface area contributed by atoms with Crippen LogP contribution in [-0.4, -0.2) is 6.54 Å². The largest absolute Gasteiger partial charge is 0.310 e. The van der Waals surface area contributed by atoms with E-state index < -0.39 is 0 Å². The zero-order valence-electron chi connectivity index (χ0n) is 11.3. The lowest BCUT2D eigenvalue weighted by atomic mass is 9.87. The first-order chi connectivity index (χ1) is 8.83. The van der Waals surface area contributed by atoms with Gasteiger partial charge in [-0.15, -0.1) is 0 Å². The fourth-order valence-electron chi connectivity index (χ4n) is 3.12. The minimum absolute atomic E-state index is 0.0623. The highest BCUT2D eigenvalue weighted by molar-refractivity contribution is 5.22. The van der Waals surface area contributed by atoms with E-state index >= 15 is 0 Å². The molecule has 0 radical (unpaired) electrons. The van der Waals surface area contributed by atoms with Crippen molar-refractivity contribution in [1.82, 2.24) is 5.32 Å². The van der Waals surface area contributed by atoms with Crippen molar-refractivity contribution >= 4 is 0 Å². The smallest absolute Gasteiger partial charge is 0.127 e. The molecule has 18 heavy (non-hydrogen) atoms. The molecule has 1 aromatic carbocycles.